The predicted molar refractivity (Wildman–Crippen MR) is 111 cm³/mol. The van der Waals surface area contributed by atoms with E-state index >= 15 is 0 Å². The van der Waals surface area contributed by atoms with Crippen molar-refractivity contribution in [2.45, 2.75) is 27.3 Å². The maximum Gasteiger partial charge on any atom is 0.293 e. The Kier molecular flexibility index (Phi) is 6.41. The molecule has 2 aromatic carbocycles. The molecule has 1 saturated heterocycles. The Hall–Kier alpha value is -2.73. The van der Waals surface area contributed by atoms with Gasteiger partial charge in [-0.1, -0.05) is 29.8 Å². The van der Waals surface area contributed by atoms with Crippen molar-refractivity contribution < 1.29 is 19.1 Å². The smallest absolute Gasteiger partial charge is 0.293 e. The molecule has 1 aliphatic rings. The van der Waals surface area contributed by atoms with Gasteiger partial charge in [-0.2, -0.15) is 0 Å². The number of ether oxygens (including phenoxy) is 2. The van der Waals surface area contributed by atoms with E-state index in [1.54, 1.807) is 12.1 Å². The summed E-state index contributed by atoms with van der Waals surface area (Å²) in [7, 11) is 0. The van der Waals surface area contributed by atoms with Crippen LogP contribution in [0.4, 0.5) is 4.79 Å². The molecule has 1 heterocycles. The highest BCUT2D eigenvalue weighted by atomic mass is 32.2. The summed E-state index contributed by atoms with van der Waals surface area (Å²) in [4.78, 5) is 26.9. The predicted octanol–water partition coefficient (Wildman–Crippen LogP) is 5.03. The van der Waals surface area contributed by atoms with E-state index in [0.717, 1.165) is 28.5 Å². The van der Waals surface area contributed by atoms with E-state index in [1.807, 2.05) is 57.2 Å². The minimum Gasteiger partial charge on any atom is -0.494 e. The zero-order chi connectivity index (χ0) is 20.1. The van der Waals surface area contributed by atoms with Crippen molar-refractivity contribution in [2.24, 2.45) is 0 Å². The summed E-state index contributed by atoms with van der Waals surface area (Å²) in [5.41, 5.74) is 2.77. The maximum absolute atomic E-state index is 12.8. The van der Waals surface area contributed by atoms with Gasteiger partial charge >= 0.3 is 0 Å². The Morgan fingerprint density at radius 3 is 2.54 bits per heavy atom. The quantitative estimate of drug-likeness (QED) is 0.614. The molecule has 0 radical (unpaired) electrons. The zero-order valence-electron chi connectivity index (χ0n) is 16.2. The van der Waals surface area contributed by atoms with Crippen molar-refractivity contribution in [1.29, 1.82) is 0 Å². The second-order valence-corrected chi connectivity index (χ2v) is 7.32. The molecule has 2 amide bonds. The van der Waals surface area contributed by atoms with Crippen LogP contribution >= 0.6 is 11.8 Å². The highest BCUT2D eigenvalue weighted by Crippen LogP contribution is 2.36. The van der Waals surface area contributed by atoms with Crippen LogP contribution in [-0.2, 0) is 11.3 Å². The van der Waals surface area contributed by atoms with Crippen LogP contribution in [0.2, 0.25) is 0 Å². The minimum atomic E-state index is -0.284. The lowest BCUT2D eigenvalue weighted by molar-refractivity contribution is -0.123. The van der Waals surface area contributed by atoms with Gasteiger partial charge in [-0.05, 0) is 56.3 Å². The van der Waals surface area contributed by atoms with Crippen molar-refractivity contribution in [1.82, 2.24) is 4.90 Å². The molecule has 0 saturated carbocycles. The van der Waals surface area contributed by atoms with E-state index in [1.165, 1.54) is 4.90 Å². The molecule has 3 rings (SSSR count). The normalized spacial score (nSPS) is 15.4. The van der Waals surface area contributed by atoms with E-state index in [-0.39, 0.29) is 17.7 Å². The summed E-state index contributed by atoms with van der Waals surface area (Å²) in [6.07, 6.45) is 1.71. The first-order valence-electron chi connectivity index (χ1n) is 9.22. The number of hydrogen-bond donors (Lipinski definition) is 0. The number of aryl methyl sites for hydroxylation is 1. The Morgan fingerprint density at radius 1 is 1.04 bits per heavy atom. The average molecular weight is 397 g/mol. The van der Waals surface area contributed by atoms with Gasteiger partial charge in [0.05, 0.1) is 24.7 Å². The van der Waals surface area contributed by atoms with Gasteiger partial charge < -0.3 is 9.47 Å². The van der Waals surface area contributed by atoms with Gasteiger partial charge in [-0.3, -0.25) is 14.5 Å². The van der Waals surface area contributed by atoms with Crippen molar-refractivity contribution in [3.05, 3.63) is 64.1 Å². The zero-order valence-corrected chi connectivity index (χ0v) is 17.0. The largest absolute Gasteiger partial charge is 0.494 e. The number of nitrogens with zero attached hydrogens (tertiary/aromatic N) is 1. The fraction of sp³-hybridized carbons (Fsp3) is 0.273. The van der Waals surface area contributed by atoms with E-state index in [4.69, 9.17) is 9.47 Å². The Morgan fingerprint density at radius 2 is 1.82 bits per heavy atom. The fourth-order valence-electron chi connectivity index (χ4n) is 2.94. The summed E-state index contributed by atoms with van der Waals surface area (Å²) in [6.45, 7) is 7.11. The van der Waals surface area contributed by atoms with Crippen LogP contribution in [0.25, 0.3) is 6.08 Å². The van der Waals surface area contributed by atoms with Crippen molar-refractivity contribution >= 4 is 29.0 Å². The number of rotatable bonds is 7. The molecular formula is C22H23NO4S. The minimum absolute atomic E-state index is 0.262. The van der Waals surface area contributed by atoms with Gasteiger partial charge in [0.15, 0.2) is 0 Å². The number of carbonyl (C=O) groups is 2. The highest BCUT2D eigenvalue weighted by Gasteiger charge is 2.35. The molecule has 0 N–H and O–H groups in total. The molecular weight excluding hydrogens is 374 g/mol. The number of carbonyl (C=O) groups excluding carboxylic acids is 2. The second kappa shape index (κ2) is 8.97. The van der Waals surface area contributed by atoms with Crippen molar-refractivity contribution in [2.75, 3.05) is 13.2 Å². The maximum atomic E-state index is 12.8. The number of benzene rings is 2. The molecule has 6 heteroatoms. The lowest BCUT2D eigenvalue weighted by Crippen LogP contribution is -2.27. The molecule has 28 heavy (non-hydrogen) atoms. The van der Waals surface area contributed by atoms with Crippen LogP contribution in [0.15, 0.2) is 47.4 Å². The van der Waals surface area contributed by atoms with Gasteiger partial charge in [-0.25, -0.2) is 0 Å². The molecule has 0 atom stereocenters. The molecule has 1 aliphatic heterocycles. The average Bonchev–Trinajstić information content (AvgIpc) is 2.92. The Bertz CT molecular complexity index is 923. The summed E-state index contributed by atoms with van der Waals surface area (Å²) in [5.74, 6) is 1.04. The molecule has 0 bridgehead atoms. The standard InChI is InChI=1S/C22H23NO4S/c1-4-26-18-10-9-17(19(13-18)27-5-2)12-20-21(24)23(22(25)28-20)14-16-8-6-7-15(3)11-16/h6-13H,4-5,14H2,1-3H3/b20-12+. The van der Waals surface area contributed by atoms with Gasteiger partial charge in [0.25, 0.3) is 11.1 Å². The molecule has 1 fully saturated rings. The molecule has 0 aliphatic carbocycles. The third-order valence-corrected chi connectivity index (χ3v) is 5.09. The number of thioether (sulfide) groups is 1. The number of hydrogen-bond acceptors (Lipinski definition) is 5. The van der Waals surface area contributed by atoms with Crippen LogP contribution in [0.3, 0.4) is 0 Å². The number of imide groups is 1. The Labute approximate surface area is 169 Å². The van der Waals surface area contributed by atoms with Gasteiger partial charge in [0, 0.05) is 11.6 Å². The monoisotopic (exact) mass is 397 g/mol. The molecule has 0 unspecified atom stereocenters. The van der Waals surface area contributed by atoms with Crippen molar-refractivity contribution in [3.8, 4) is 11.5 Å². The SMILES string of the molecule is CCOc1ccc(/C=C2/SC(=O)N(Cc3cccc(C)c3)C2=O)c(OCC)c1. The van der Waals surface area contributed by atoms with E-state index in [2.05, 4.69) is 0 Å². The first-order chi connectivity index (χ1) is 13.5. The lowest BCUT2D eigenvalue weighted by Gasteiger charge is -2.13. The van der Waals surface area contributed by atoms with Gasteiger partial charge in [0.1, 0.15) is 11.5 Å². The summed E-state index contributed by atoms with van der Waals surface area (Å²) >= 11 is 0.953. The third kappa shape index (κ3) is 4.57. The van der Waals surface area contributed by atoms with Crippen LogP contribution in [-0.4, -0.2) is 29.3 Å². The molecule has 5 nitrogen and oxygen atoms in total. The topological polar surface area (TPSA) is 55.8 Å². The first-order valence-corrected chi connectivity index (χ1v) is 10.0. The van der Waals surface area contributed by atoms with E-state index in [9.17, 15) is 9.59 Å². The van der Waals surface area contributed by atoms with Crippen LogP contribution in [0, 0.1) is 6.92 Å². The summed E-state index contributed by atoms with van der Waals surface area (Å²) < 4.78 is 11.2. The lowest BCUT2D eigenvalue weighted by atomic mass is 10.1. The molecule has 0 spiro atoms. The summed E-state index contributed by atoms with van der Waals surface area (Å²) in [5, 5.41) is -0.262. The Balaban J connectivity index is 1.85. The highest BCUT2D eigenvalue weighted by molar-refractivity contribution is 8.18. The fourth-order valence-corrected chi connectivity index (χ4v) is 3.77. The van der Waals surface area contributed by atoms with Crippen molar-refractivity contribution in [3.63, 3.8) is 0 Å². The third-order valence-electron chi connectivity index (χ3n) is 4.18. The molecule has 146 valence electrons. The van der Waals surface area contributed by atoms with E-state index in [0.29, 0.717) is 29.6 Å². The number of amides is 2. The van der Waals surface area contributed by atoms with Crippen LogP contribution in [0.5, 0.6) is 11.5 Å². The van der Waals surface area contributed by atoms with Gasteiger partial charge in [-0.15, -0.1) is 0 Å². The van der Waals surface area contributed by atoms with Crippen LogP contribution in [0.1, 0.15) is 30.5 Å². The summed E-state index contributed by atoms with van der Waals surface area (Å²) in [6, 6.07) is 13.3. The second-order valence-electron chi connectivity index (χ2n) is 6.32. The van der Waals surface area contributed by atoms with Gasteiger partial charge in [0.2, 0.25) is 0 Å². The molecule has 0 aromatic heterocycles. The first kappa shape index (κ1) is 20.0. The van der Waals surface area contributed by atoms with Crippen LogP contribution < -0.4 is 9.47 Å². The molecule has 2 aromatic rings. The van der Waals surface area contributed by atoms with E-state index < -0.39 is 0 Å².